The summed E-state index contributed by atoms with van der Waals surface area (Å²) in [5, 5.41) is 0. The number of hydrogen-bond donors (Lipinski definition) is 0. The Kier molecular flexibility index (Phi) is 499. The Morgan fingerprint density at radius 1 is 1.00 bits per heavy atom. The first-order chi connectivity index (χ1) is 0. The molecule has 5 radical (unpaired) electrons. The first kappa shape index (κ1) is 64.9. The third-order valence-corrected chi connectivity index (χ3v) is 0. The van der Waals surface area contributed by atoms with Crippen LogP contribution in [0, 0.1) is 0 Å². The maximum atomic E-state index is 0. The molecule has 31 valence electrons. The van der Waals surface area contributed by atoms with Gasteiger partial charge in [0.25, 0.3) is 0 Å². The van der Waals surface area contributed by atoms with Crippen molar-refractivity contribution in [1.29, 1.82) is 0 Å². The Morgan fingerprint density at radius 2 is 1.00 bits per heavy atom. The van der Waals surface area contributed by atoms with Crippen LogP contribution in [0.3, 0.4) is 0 Å². The van der Waals surface area contributed by atoms with Crippen molar-refractivity contribution in [3.8, 4) is 0 Å². The van der Waals surface area contributed by atoms with Crippen molar-refractivity contribution in [2.75, 3.05) is 0 Å². The van der Waals surface area contributed by atoms with E-state index in [4.69, 9.17) is 0 Å². The fraction of sp³-hybridized carbons (Fsp3) is 0. The Hall–Kier alpha value is 1.94. The van der Waals surface area contributed by atoms with Crippen molar-refractivity contribution in [3.05, 3.63) is 0 Å². The molecule has 0 fully saturated rings. The average Bonchev–Trinajstić information content (AvgIpc) is 0. The second-order valence-corrected chi connectivity index (χ2v) is 0. The molecule has 0 saturated heterocycles. The monoisotopic (exact) mass is 225 g/mol. The van der Waals surface area contributed by atoms with Crippen LogP contribution in [0.4, 0.5) is 0 Å². The van der Waals surface area contributed by atoms with Gasteiger partial charge in [0.05, 0.1) is 0 Å². The molecule has 0 aliphatic rings. The summed E-state index contributed by atoms with van der Waals surface area (Å²) in [7, 11) is 0. The maximum Gasteiger partial charge on any atom is 0 e. The molecule has 0 aromatic carbocycles. The van der Waals surface area contributed by atoms with Gasteiger partial charge in [0.15, 0.2) is 0 Å². The van der Waals surface area contributed by atoms with Gasteiger partial charge < -0.3 is 0 Å². The molecule has 5 heteroatoms. The van der Waals surface area contributed by atoms with E-state index in [1.807, 2.05) is 0 Å². The van der Waals surface area contributed by atoms with Crippen LogP contribution in [0.5, 0.6) is 0 Å². The summed E-state index contributed by atoms with van der Waals surface area (Å²) in [6.45, 7) is 0. The maximum absolute atomic E-state index is 0. The van der Waals surface area contributed by atoms with Crippen LogP contribution in [0.1, 0.15) is 0 Å². The molecule has 0 aromatic rings. The van der Waals surface area contributed by atoms with Gasteiger partial charge in [0.2, 0.25) is 0 Å². The molecule has 0 aliphatic heterocycles. The van der Waals surface area contributed by atoms with Gasteiger partial charge in [-0.15, -0.1) is 0 Å². The van der Waals surface area contributed by atoms with Gasteiger partial charge in [-0.05, 0) is 11.0 Å². The first-order valence-corrected chi connectivity index (χ1v) is 0. The zero-order valence-electron chi connectivity index (χ0n) is 2.94. The van der Waals surface area contributed by atoms with E-state index in [2.05, 4.69) is 0 Å². The Labute approximate surface area is 72.5 Å². The summed E-state index contributed by atoms with van der Waals surface area (Å²) in [6.07, 6.45) is 0. The molecule has 5 heavy (non-hydrogen) atoms. The van der Waals surface area contributed by atoms with Crippen LogP contribution in [0.2, 0.25) is 0 Å². The minimum absolute atomic E-state index is 0. The van der Waals surface area contributed by atoms with Crippen molar-refractivity contribution >= 4 is 19.4 Å². The summed E-state index contributed by atoms with van der Waals surface area (Å²) >= 11 is 0. The fourth-order valence-corrected chi connectivity index (χ4v) is 0. The van der Waals surface area contributed by atoms with Gasteiger partial charge in [0.1, 0.15) is 0 Å². The topological polar surface area (TPSA) is 0 Å². The minimum Gasteiger partial charge on any atom is -0.0125 e. The molecule has 0 rings (SSSR count). The second-order valence-electron chi connectivity index (χ2n) is 0. The quantitative estimate of drug-likeness (QED) is 0.438. The van der Waals surface area contributed by atoms with Gasteiger partial charge in [-0.25, -0.2) is 0 Å². The summed E-state index contributed by atoms with van der Waals surface area (Å²) in [4.78, 5) is 0. The van der Waals surface area contributed by atoms with E-state index >= 15 is 0 Å². The van der Waals surface area contributed by atoms with Crippen molar-refractivity contribution in [2.45, 2.75) is 0 Å². The molecule has 0 aromatic heterocycles. The number of rotatable bonds is 0. The third-order valence-electron chi connectivity index (χ3n) is 0. The second kappa shape index (κ2) is 38.4. The molecule has 0 nitrogen and oxygen atoms in total. The van der Waals surface area contributed by atoms with Crippen LogP contribution in [-0.4, -0.2) is 19.4 Å². The molecule has 0 bridgehead atoms. The SMILES string of the molecule is [B].[Cu].[Fe].[SiH3].[Zn]. The van der Waals surface area contributed by atoms with Gasteiger partial charge in [-0.2, -0.15) is 0 Å². The van der Waals surface area contributed by atoms with Crippen LogP contribution < -0.4 is 0 Å². The largest absolute Gasteiger partial charge is 0.0125 e. The van der Waals surface area contributed by atoms with E-state index < -0.39 is 0 Å². The minimum atomic E-state index is 0. The summed E-state index contributed by atoms with van der Waals surface area (Å²) in [5.41, 5.74) is 0. The van der Waals surface area contributed by atoms with Crippen molar-refractivity contribution in [1.82, 2.24) is 0 Å². The average molecular weight is 227 g/mol. The normalized spacial score (nSPS) is 0. The molecular formula is H3BCuFeSiZn. The molecule has 0 unspecified atom stereocenters. The molecule has 0 N–H and O–H groups in total. The van der Waals surface area contributed by atoms with Crippen molar-refractivity contribution < 1.29 is 53.6 Å². The molecule has 0 atom stereocenters. The van der Waals surface area contributed by atoms with E-state index in [-0.39, 0.29) is 73.0 Å². The number of hydrogen-bond acceptors (Lipinski definition) is 0. The predicted octanol–water partition coefficient (Wildman–Crippen LogP) is -1.57. The van der Waals surface area contributed by atoms with Crippen LogP contribution >= 0.6 is 0 Å². The van der Waals surface area contributed by atoms with E-state index in [0.29, 0.717) is 0 Å². The molecule has 0 heterocycles. The van der Waals surface area contributed by atoms with Crippen LogP contribution in [0.25, 0.3) is 0 Å². The van der Waals surface area contributed by atoms with E-state index in [1.165, 1.54) is 0 Å². The standard InChI is InChI=1S/B.Cu.Fe.H3Si.Zn/h;;;1H3;. The van der Waals surface area contributed by atoms with Gasteiger partial charge in [0, 0.05) is 62.0 Å². The van der Waals surface area contributed by atoms with Crippen LogP contribution in [-0.2, 0) is 53.6 Å². The molecule has 0 aliphatic carbocycles. The van der Waals surface area contributed by atoms with Crippen LogP contribution in [0.15, 0.2) is 0 Å². The van der Waals surface area contributed by atoms with Crippen molar-refractivity contribution in [2.24, 2.45) is 0 Å². The smallest absolute Gasteiger partial charge is 0 e. The Morgan fingerprint density at radius 3 is 1.00 bits per heavy atom. The van der Waals surface area contributed by atoms with Gasteiger partial charge in [-0.1, -0.05) is 0 Å². The Bertz CT molecular complexity index is 11.6. The van der Waals surface area contributed by atoms with Gasteiger partial charge >= 0.3 is 0 Å². The molecule has 0 spiro atoms. The zero-order valence-corrected chi connectivity index (χ0v) is 9.95. The summed E-state index contributed by atoms with van der Waals surface area (Å²) < 4.78 is 0. The van der Waals surface area contributed by atoms with E-state index in [9.17, 15) is 0 Å². The Balaban J connectivity index is 0. The van der Waals surface area contributed by atoms with Crippen molar-refractivity contribution in [3.63, 3.8) is 0 Å². The molecule has 0 amide bonds. The van der Waals surface area contributed by atoms with E-state index in [1.54, 1.807) is 0 Å². The molecule has 0 saturated carbocycles. The summed E-state index contributed by atoms with van der Waals surface area (Å²) in [6, 6.07) is 0. The summed E-state index contributed by atoms with van der Waals surface area (Å²) in [5.74, 6) is 0. The van der Waals surface area contributed by atoms with Gasteiger partial charge in [-0.3, -0.25) is 0 Å². The van der Waals surface area contributed by atoms with E-state index in [0.717, 1.165) is 0 Å². The first-order valence-electron chi connectivity index (χ1n) is 0. The predicted molar refractivity (Wildman–Crippen MR) is 15.7 cm³/mol. The zero-order chi connectivity index (χ0) is 0. The fourth-order valence-electron chi connectivity index (χ4n) is 0. The third kappa shape index (κ3) is 24.5. The molecular weight excluding hydrogens is 224 g/mol.